The number of benzene rings is 9. The Morgan fingerprint density at radius 3 is 1.20 bits per heavy atom. The molecule has 0 radical (unpaired) electrons. The Morgan fingerprint density at radius 2 is 0.644 bits per heavy atom. The quantitative estimate of drug-likeness (QED) is 0.163. The largest absolute Gasteiger partial charge is 0.309 e. The van der Waals surface area contributed by atoms with Crippen molar-refractivity contribution in [2.45, 2.75) is 0 Å². The predicted molar refractivity (Wildman–Crippen MR) is 244 cm³/mol. The van der Waals surface area contributed by atoms with Crippen LogP contribution in [0.1, 0.15) is 0 Å². The highest BCUT2D eigenvalue weighted by atomic mass is 15.0. The normalized spacial score (nSPS) is 11.4. The molecule has 9 aromatic carbocycles. The summed E-state index contributed by atoms with van der Waals surface area (Å²) >= 11 is 0. The minimum absolute atomic E-state index is 0.620. The second-order valence-corrected chi connectivity index (χ2v) is 14.9. The second kappa shape index (κ2) is 14.5. The molecule has 0 saturated heterocycles. The van der Waals surface area contributed by atoms with Crippen molar-refractivity contribution in [1.29, 1.82) is 0 Å². The maximum atomic E-state index is 5.19. The molecule has 59 heavy (non-hydrogen) atoms. The van der Waals surface area contributed by atoms with Crippen molar-refractivity contribution in [3.8, 4) is 73.2 Å². The first-order chi connectivity index (χ1) is 29.2. The number of nitrogens with zero attached hydrogens (tertiary/aromatic N) is 4. The third kappa shape index (κ3) is 6.34. The van der Waals surface area contributed by atoms with Gasteiger partial charge >= 0.3 is 0 Å². The van der Waals surface area contributed by atoms with E-state index in [2.05, 4.69) is 211 Å². The SMILES string of the molecule is c1ccc(-c2ccc(-c3ccc(-c4nc(-c5ccc(-c6ccccc6)cc5)nc(-c5ccc6c7ccccc7n(-c7cccc8ccccc78)c6c5)n4)cc3)cc2)cc1. The zero-order valence-corrected chi connectivity index (χ0v) is 32.1. The van der Waals surface area contributed by atoms with Crippen molar-refractivity contribution in [2.24, 2.45) is 0 Å². The first-order valence-electron chi connectivity index (χ1n) is 19.9. The number of fused-ring (bicyclic) bond motifs is 4. The van der Waals surface area contributed by atoms with E-state index in [9.17, 15) is 0 Å². The van der Waals surface area contributed by atoms with Gasteiger partial charge in [0.2, 0.25) is 0 Å². The number of rotatable bonds is 7. The zero-order valence-electron chi connectivity index (χ0n) is 32.1. The summed E-state index contributed by atoms with van der Waals surface area (Å²) in [5.41, 5.74) is 13.2. The third-order valence-electron chi connectivity index (χ3n) is 11.3. The van der Waals surface area contributed by atoms with Crippen LogP contribution < -0.4 is 0 Å². The van der Waals surface area contributed by atoms with Crippen LogP contribution in [0.15, 0.2) is 218 Å². The highest BCUT2D eigenvalue weighted by molar-refractivity contribution is 6.11. The second-order valence-electron chi connectivity index (χ2n) is 14.9. The highest BCUT2D eigenvalue weighted by Gasteiger charge is 2.18. The molecule has 0 aliphatic heterocycles. The van der Waals surface area contributed by atoms with E-state index in [0.29, 0.717) is 17.5 Å². The standard InChI is InChI=1S/C55H36N4/c1-3-12-37(13-4-1)39-22-24-41(25-23-39)42-28-32-45(33-29-42)54-56-53(44-30-26-40(27-31-44)38-14-5-2-6-15-38)57-55(58-54)46-34-35-49-48-19-9-10-20-51(48)59(52(49)36-46)50-21-11-17-43-16-7-8-18-47(43)50/h1-36H. The summed E-state index contributed by atoms with van der Waals surface area (Å²) < 4.78 is 2.38. The topological polar surface area (TPSA) is 43.6 Å². The van der Waals surface area contributed by atoms with Crippen molar-refractivity contribution in [1.82, 2.24) is 19.5 Å². The molecule has 4 nitrogen and oxygen atoms in total. The predicted octanol–water partition coefficient (Wildman–Crippen LogP) is 14.1. The molecule has 2 heterocycles. The third-order valence-corrected chi connectivity index (χ3v) is 11.3. The molecule has 0 fully saturated rings. The van der Waals surface area contributed by atoms with E-state index in [1.165, 1.54) is 38.2 Å². The highest BCUT2D eigenvalue weighted by Crippen LogP contribution is 2.37. The molecule has 0 aliphatic carbocycles. The van der Waals surface area contributed by atoms with E-state index in [4.69, 9.17) is 15.0 Å². The van der Waals surface area contributed by atoms with Crippen LogP contribution in [0.5, 0.6) is 0 Å². The van der Waals surface area contributed by atoms with E-state index >= 15 is 0 Å². The average Bonchev–Trinajstić information content (AvgIpc) is 3.65. The van der Waals surface area contributed by atoms with E-state index in [1.807, 2.05) is 12.1 Å². The summed E-state index contributed by atoms with van der Waals surface area (Å²) in [7, 11) is 0. The van der Waals surface area contributed by atoms with E-state index in [1.54, 1.807) is 0 Å². The Labute approximate surface area is 342 Å². The maximum Gasteiger partial charge on any atom is 0.164 e. The van der Waals surface area contributed by atoms with E-state index < -0.39 is 0 Å². The van der Waals surface area contributed by atoms with Gasteiger partial charge in [-0.05, 0) is 57.0 Å². The summed E-state index contributed by atoms with van der Waals surface area (Å²) in [5.74, 6) is 1.87. The first kappa shape index (κ1) is 34.3. The van der Waals surface area contributed by atoms with Gasteiger partial charge in [0, 0.05) is 32.8 Å². The zero-order chi connectivity index (χ0) is 39.1. The van der Waals surface area contributed by atoms with Gasteiger partial charge in [-0.2, -0.15) is 0 Å². The number of hydrogen-bond donors (Lipinski definition) is 0. The van der Waals surface area contributed by atoms with Crippen LogP contribution in [-0.4, -0.2) is 19.5 Å². The minimum Gasteiger partial charge on any atom is -0.309 e. The van der Waals surface area contributed by atoms with Crippen molar-refractivity contribution in [2.75, 3.05) is 0 Å². The van der Waals surface area contributed by atoms with Crippen LogP contribution in [0.3, 0.4) is 0 Å². The van der Waals surface area contributed by atoms with Crippen LogP contribution in [0.4, 0.5) is 0 Å². The van der Waals surface area contributed by atoms with Gasteiger partial charge in [0.1, 0.15) is 0 Å². The van der Waals surface area contributed by atoms with E-state index in [-0.39, 0.29) is 0 Å². The van der Waals surface area contributed by atoms with Crippen LogP contribution >= 0.6 is 0 Å². The van der Waals surface area contributed by atoms with E-state index in [0.717, 1.165) is 50.1 Å². The van der Waals surface area contributed by atoms with Crippen molar-refractivity contribution in [3.63, 3.8) is 0 Å². The fraction of sp³-hybridized carbons (Fsp3) is 0. The average molecular weight is 753 g/mol. The molecule has 0 spiro atoms. The Kier molecular flexibility index (Phi) is 8.45. The number of aromatic nitrogens is 4. The fourth-order valence-electron chi connectivity index (χ4n) is 8.28. The molecule has 2 aromatic heterocycles. The molecular weight excluding hydrogens is 717 g/mol. The monoisotopic (exact) mass is 752 g/mol. The lowest BCUT2D eigenvalue weighted by atomic mass is 9.99. The van der Waals surface area contributed by atoms with Gasteiger partial charge < -0.3 is 4.57 Å². The lowest BCUT2D eigenvalue weighted by molar-refractivity contribution is 1.07. The summed E-state index contributed by atoms with van der Waals surface area (Å²) in [5, 5.41) is 4.78. The Morgan fingerprint density at radius 1 is 0.254 bits per heavy atom. The smallest absolute Gasteiger partial charge is 0.164 e. The van der Waals surface area contributed by atoms with Crippen molar-refractivity contribution >= 4 is 32.6 Å². The molecule has 276 valence electrons. The molecule has 0 saturated carbocycles. The summed E-state index contributed by atoms with van der Waals surface area (Å²) in [6.07, 6.45) is 0. The lowest BCUT2D eigenvalue weighted by Crippen LogP contribution is -2.01. The van der Waals surface area contributed by atoms with Crippen molar-refractivity contribution < 1.29 is 0 Å². The van der Waals surface area contributed by atoms with Gasteiger partial charge in [-0.1, -0.05) is 200 Å². The molecule has 11 aromatic rings. The molecule has 0 aliphatic rings. The molecule has 0 amide bonds. The molecule has 0 bridgehead atoms. The molecule has 0 unspecified atom stereocenters. The fourth-order valence-corrected chi connectivity index (χ4v) is 8.28. The Balaban J connectivity index is 1.04. The van der Waals surface area contributed by atoms with Crippen LogP contribution in [0.2, 0.25) is 0 Å². The van der Waals surface area contributed by atoms with Gasteiger partial charge in [0.15, 0.2) is 17.5 Å². The minimum atomic E-state index is 0.620. The first-order valence-corrected chi connectivity index (χ1v) is 19.9. The molecule has 0 atom stereocenters. The number of para-hydroxylation sites is 1. The lowest BCUT2D eigenvalue weighted by Gasteiger charge is -2.13. The summed E-state index contributed by atoms with van der Waals surface area (Å²) in [6.45, 7) is 0. The van der Waals surface area contributed by atoms with Gasteiger partial charge in [-0.25, -0.2) is 15.0 Å². The molecule has 11 rings (SSSR count). The van der Waals surface area contributed by atoms with Gasteiger partial charge in [0.25, 0.3) is 0 Å². The Hall–Kier alpha value is -7.95. The maximum absolute atomic E-state index is 5.19. The summed E-state index contributed by atoms with van der Waals surface area (Å²) in [4.78, 5) is 15.5. The van der Waals surface area contributed by atoms with Gasteiger partial charge in [0.05, 0.1) is 16.7 Å². The van der Waals surface area contributed by atoms with Crippen molar-refractivity contribution in [3.05, 3.63) is 218 Å². The van der Waals surface area contributed by atoms with Crippen LogP contribution in [0.25, 0.3) is 106 Å². The molecule has 4 heteroatoms. The van der Waals surface area contributed by atoms with Gasteiger partial charge in [-0.3, -0.25) is 0 Å². The Bertz CT molecular complexity index is 3270. The molecular formula is C55H36N4. The number of hydrogen-bond acceptors (Lipinski definition) is 3. The van der Waals surface area contributed by atoms with Crippen LogP contribution in [0, 0.1) is 0 Å². The van der Waals surface area contributed by atoms with Crippen LogP contribution in [-0.2, 0) is 0 Å². The molecule has 0 N–H and O–H groups in total. The summed E-state index contributed by atoms with van der Waals surface area (Å²) in [6, 6.07) is 77.0. The van der Waals surface area contributed by atoms with Gasteiger partial charge in [-0.15, -0.1) is 0 Å².